The van der Waals surface area contributed by atoms with Crippen LogP contribution in [0.4, 0.5) is 4.39 Å². The summed E-state index contributed by atoms with van der Waals surface area (Å²) in [5, 5.41) is 8.29. The Hall–Kier alpha value is -2.82. The molecule has 3 atom stereocenters. The molecule has 2 N–H and O–H groups in total. The molecule has 1 fully saturated rings. The van der Waals surface area contributed by atoms with Gasteiger partial charge in [0.25, 0.3) is 0 Å². The molecule has 4 rings (SSSR count). The summed E-state index contributed by atoms with van der Waals surface area (Å²) in [6.07, 6.45) is 1.51. The van der Waals surface area contributed by atoms with E-state index in [0.29, 0.717) is 28.5 Å². The van der Waals surface area contributed by atoms with Crippen LogP contribution in [-0.4, -0.2) is 48.1 Å². The van der Waals surface area contributed by atoms with Gasteiger partial charge in [-0.1, -0.05) is 23.7 Å². The van der Waals surface area contributed by atoms with Gasteiger partial charge in [0, 0.05) is 30.5 Å². The number of amidine groups is 1. The van der Waals surface area contributed by atoms with E-state index in [1.807, 2.05) is 0 Å². The van der Waals surface area contributed by atoms with Gasteiger partial charge in [0.2, 0.25) is 5.91 Å². The Kier molecular flexibility index (Phi) is 7.06. The van der Waals surface area contributed by atoms with Gasteiger partial charge >= 0.3 is 5.97 Å². The molecule has 1 saturated heterocycles. The van der Waals surface area contributed by atoms with Crippen LogP contribution < -0.4 is 10.6 Å². The minimum absolute atomic E-state index is 0.128. The first-order valence-corrected chi connectivity index (χ1v) is 11.6. The fraction of sp³-hybridized carbons (Fsp3) is 0.364. The number of nitrogens with zero attached hydrogens (tertiary/aromatic N) is 2. The average molecular weight is 493 g/mol. The number of hydrogen-bond acceptors (Lipinski definition) is 8. The normalized spacial score (nSPS) is 22.5. The van der Waals surface area contributed by atoms with Gasteiger partial charge in [0.05, 0.1) is 35.5 Å². The third-order valence-electron chi connectivity index (χ3n) is 5.21. The van der Waals surface area contributed by atoms with Gasteiger partial charge in [-0.3, -0.25) is 9.79 Å². The lowest BCUT2D eigenvalue weighted by Crippen LogP contribution is -2.39. The predicted molar refractivity (Wildman–Crippen MR) is 122 cm³/mol. The number of aliphatic imine (C=N–C) groups is 1. The van der Waals surface area contributed by atoms with Gasteiger partial charge in [-0.25, -0.2) is 14.2 Å². The van der Waals surface area contributed by atoms with Crippen molar-refractivity contribution in [3.8, 4) is 0 Å². The minimum Gasteiger partial charge on any atom is -0.463 e. The number of benzene rings is 1. The second kappa shape index (κ2) is 9.98. The Balaban J connectivity index is 1.84. The third kappa shape index (κ3) is 4.92. The lowest BCUT2D eigenvalue weighted by molar-refractivity contribution is -0.139. The number of esters is 1. The summed E-state index contributed by atoms with van der Waals surface area (Å²) in [6, 6.07) is 3.22. The van der Waals surface area contributed by atoms with Crippen molar-refractivity contribution in [3.63, 3.8) is 0 Å². The Bertz CT molecular complexity index is 1120. The summed E-state index contributed by atoms with van der Waals surface area (Å²) < 4.78 is 25.6. The second-order valence-electron chi connectivity index (χ2n) is 7.49. The molecule has 0 bridgehead atoms. The second-order valence-corrected chi connectivity index (χ2v) is 8.76. The standard InChI is InChI=1S/C22H22ClFN4O4S/c1-3-31-22(30)16-18(13-5-4-6-14(24)17(13)23)27-20(21-25-7-8-33-21)28-19(16)15-9-12(10-32-15)26-11(2)29/h4-8,12,15,18H,3,9-10H2,1-2H3,(H,26,29)(H,27,28)/t12-,15-,18?/m0/s1. The highest BCUT2D eigenvalue weighted by molar-refractivity contribution is 7.11. The topological polar surface area (TPSA) is 102 Å². The molecule has 2 aliphatic rings. The van der Waals surface area contributed by atoms with E-state index in [4.69, 9.17) is 21.1 Å². The van der Waals surface area contributed by atoms with Crippen molar-refractivity contribution < 1.29 is 23.5 Å². The van der Waals surface area contributed by atoms with E-state index in [1.165, 1.54) is 30.4 Å². The predicted octanol–water partition coefficient (Wildman–Crippen LogP) is 3.14. The summed E-state index contributed by atoms with van der Waals surface area (Å²) in [5.41, 5.74) is 0.939. The number of hydrogen-bond donors (Lipinski definition) is 2. The van der Waals surface area contributed by atoms with Crippen LogP contribution in [0.1, 0.15) is 36.9 Å². The van der Waals surface area contributed by atoms with Crippen molar-refractivity contribution in [2.45, 2.75) is 38.5 Å². The van der Waals surface area contributed by atoms with E-state index >= 15 is 0 Å². The summed E-state index contributed by atoms with van der Waals surface area (Å²) in [5.74, 6) is -0.995. The molecule has 1 amide bonds. The van der Waals surface area contributed by atoms with Crippen molar-refractivity contribution in [1.29, 1.82) is 0 Å². The van der Waals surface area contributed by atoms with Gasteiger partial charge in [-0.05, 0) is 13.0 Å². The third-order valence-corrected chi connectivity index (χ3v) is 6.39. The van der Waals surface area contributed by atoms with Gasteiger partial charge in [0.1, 0.15) is 18.0 Å². The number of aromatic nitrogens is 1. The monoisotopic (exact) mass is 492 g/mol. The highest BCUT2D eigenvalue weighted by Gasteiger charge is 2.40. The van der Waals surface area contributed by atoms with E-state index in [0.717, 1.165) is 0 Å². The van der Waals surface area contributed by atoms with Gasteiger partial charge in [-0.15, -0.1) is 11.3 Å². The maximum atomic E-state index is 14.3. The lowest BCUT2D eigenvalue weighted by Gasteiger charge is -2.29. The van der Waals surface area contributed by atoms with Crippen LogP contribution in [-0.2, 0) is 19.1 Å². The van der Waals surface area contributed by atoms with Crippen molar-refractivity contribution in [2.24, 2.45) is 4.99 Å². The van der Waals surface area contributed by atoms with Crippen LogP contribution in [0.2, 0.25) is 5.02 Å². The maximum absolute atomic E-state index is 14.3. The molecule has 8 nitrogen and oxygen atoms in total. The van der Waals surface area contributed by atoms with Crippen LogP contribution >= 0.6 is 22.9 Å². The van der Waals surface area contributed by atoms with E-state index in [-0.39, 0.29) is 35.8 Å². The van der Waals surface area contributed by atoms with E-state index in [9.17, 15) is 14.0 Å². The number of carbonyl (C=O) groups excluding carboxylic acids is 2. The largest absolute Gasteiger partial charge is 0.463 e. The molecule has 0 saturated carbocycles. The number of halogens is 2. The Labute approximate surface area is 198 Å². The first-order valence-electron chi connectivity index (χ1n) is 10.4. The minimum atomic E-state index is -0.939. The number of ether oxygens (including phenoxy) is 2. The molecular formula is C22H22ClFN4O4S. The number of rotatable bonds is 6. The molecular weight excluding hydrogens is 471 g/mol. The van der Waals surface area contributed by atoms with Crippen molar-refractivity contribution in [2.75, 3.05) is 13.2 Å². The summed E-state index contributed by atoms with van der Waals surface area (Å²) >= 11 is 7.66. The van der Waals surface area contributed by atoms with Crippen LogP contribution in [0, 0.1) is 5.82 Å². The van der Waals surface area contributed by atoms with E-state index < -0.39 is 23.9 Å². The summed E-state index contributed by atoms with van der Waals surface area (Å²) in [6.45, 7) is 3.55. The maximum Gasteiger partial charge on any atom is 0.338 e. The highest BCUT2D eigenvalue weighted by atomic mass is 35.5. The number of nitrogens with one attached hydrogen (secondary N) is 2. The van der Waals surface area contributed by atoms with Crippen LogP contribution in [0.5, 0.6) is 0 Å². The van der Waals surface area contributed by atoms with Gasteiger partial charge in [-0.2, -0.15) is 0 Å². The Morgan fingerprint density at radius 3 is 2.94 bits per heavy atom. The molecule has 33 heavy (non-hydrogen) atoms. The van der Waals surface area contributed by atoms with E-state index in [1.54, 1.807) is 24.6 Å². The van der Waals surface area contributed by atoms with Crippen molar-refractivity contribution >= 4 is 40.6 Å². The molecule has 1 aromatic heterocycles. The number of carbonyl (C=O) groups is 2. The molecule has 174 valence electrons. The summed E-state index contributed by atoms with van der Waals surface area (Å²) in [7, 11) is 0. The highest BCUT2D eigenvalue weighted by Crippen LogP contribution is 2.39. The van der Waals surface area contributed by atoms with Gasteiger partial charge < -0.3 is 20.1 Å². The molecule has 1 aromatic carbocycles. The fourth-order valence-corrected chi connectivity index (χ4v) is 4.69. The first kappa shape index (κ1) is 23.3. The number of thiazole rings is 1. The first-order chi connectivity index (χ1) is 15.9. The average Bonchev–Trinajstić information content (AvgIpc) is 3.47. The van der Waals surface area contributed by atoms with Crippen LogP contribution in [0.15, 0.2) is 46.0 Å². The Morgan fingerprint density at radius 1 is 1.42 bits per heavy atom. The van der Waals surface area contributed by atoms with Crippen LogP contribution in [0.3, 0.4) is 0 Å². The smallest absolute Gasteiger partial charge is 0.338 e. The SMILES string of the molecule is CCOC(=O)C1=C([C@@H]2C[C@H](NC(C)=O)CO2)NC(c2nccs2)=NC1c1cccc(F)c1Cl. The number of amides is 1. The molecule has 2 aliphatic heterocycles. The molecule has 0 spiro atoms. The zero-order chi connectivity index (χ0) is 23.5. The molecule has 3 heterocycles. The molecule has 11 heteroatoms. The fourth-order valence-electron chi connectivity index (χ4n) is 3.87. The molecule has 2 aromatic rings. The van der Waals surface area contributed by atoms with Gasteiger partial charge in [0.15, 0.2) is 10.8 Å². The van der Waals surface area contributed by atoms with Crippen molar-refractivity contribution in [3.05, 3.63) is 62.5 Å². The quantitative estimate of drug-likeness (QED) is 0.601. The van der Waals surface area contributed by atoms with Crippen LogP contribution in [0.25, 0.3) is 0 Å². The molecule has 0 radical (unpaired) electrons. The Morgan fingerprint density at radius 2 is 2.24 bits per heavy atom. The molecule has 1 unspecified atom stereocenters. The lowest BCUT2D eigenvalue weighted by atomic mass is 9.92. The zero-order valence-corrected chi connectivity index (χ0v) is 19.5. The zero-order valence-electron chi connectivity index (χ0n) is 17.9. The van der Waals surface area contributed by atoms with Crippen molar-refractivity contribution in [1.82, 2.24) is 15.6 Å². The molecule has 0 aliphatic carbocycles. The van der Waals surface area contributed by atoms with E-state index in [2.05, 4.69) is 20.6 Å². The summed E-state index contributed by atoms with van der Waals surface area (Å²) in [4.78, 5) is 33.6.